The topological polar surface area (TPSA) is 70.7 Å². The smallest absolute Gasteiger partial charge is 0.252 e. The van der Waals surface area contributed by atoms with E-state index >= 15 is 0 Å². The molecule has 0 spiro atoms. The van der Waals surface area contributed by atoms with Crippen LogP contribution in [0.1, 0.15) is 16.2 Å². The van der Waals surface area contributed by atoms with E-state index in [9.17, 15) is 9.18 Å². The maximum Gasteiger partial charge on any atom is 0.252 e. The molecular weight excluding hydrogens is 303 g/mol. The lowest BCUT2D eigenvalue weighted by Crippen LogP contribution is -2.26. The molecule has 2 aromatic rings. The molecule has 7 heteroatoms. The zero-order valence-electron chi connectivity index (χ0n) is 9.28. The molecule has 1 aromatic heterocycles. The highest BCUT2D eigenvalue weighted by molar-refractivity contribution is 9.10. The van der Waals surface area contributed by atoms with Crippen molar-refractivity contribution < 1.29 is 9.18 Å². The Bertz CT molecular complexity index is 544. The summed E-state index contributed by atoms with van der Waals surface area (Å²) in [7, 11) is 0. The number of nitrogens with one attached hydrogen (secondary N) is 2. The zero-order valence-corrected chi connectivity index (χ0v) is 10.9. The predicted octanol–water partition coefficient (Wildman–Crippen LogP) is 1.68. The minimum atomic E-state index is -0.389. The van der Waals surface area contributed by atoms with Crippen molar-refractivity contribution in [3.05, 3.63) is 46.2 Å². The Kier molecular flexibility index (Phi) is 4.03. The Hall–Kier alpha value is -1.76. The summed E-state index contributed by atoms with van der Waals surface area (Å²) in [6, 6.07) is 3.94. The quantitative estimate of drug-likeness (QED) is 0.902. The fourth-order valence-corrected chi connectivity index (χ4v) is 1.95. The Morgan fingerprint density at radius 3 is 3.00 bits per heavy atom. The first kappa shape index (κ1) is 12.7. The van der Waals surface area contributed by atoms with Gasteiger partial charge in [-0.25, -0.2) is 9.37 Å². The molecule has 1 amide bonds. The summed E-state index contributed by atoms with van der Waals surface area (Å²) in [5.41, 5.74) is 0.397. The van der Waals surface area contributed by atoms with Crippen molar-refractivity contribution in [3.63, 3.8) is 0 Å². The fourth-order valence-electron chi connectivity index (χ4n) is 1.41. The lowest BCUT2D eigenvalue weighted by molar-refractivity contribution is 0.0953. The molecule has 2 rings (SSSR count). The number of halogens is 2. The van der Waals surface area contributed by atoms with Gasteiger partial charge >= 0.3 is 0 Å². The van der Waals surface area contributed by atoms with Crippen LogP contribution in [0.3, 0.4) is 0 Å². The first-order chi connectivity index (χ1) is 8.66. The van der Waals surface area contributed by atoms with Gasteiger partial charge in [-0.05, 0) is 34.1 Å². The number of nitrogens with zero attached hydrogens (tertiary/aromatic N) is 2. The molecule has 0 saturated carbocycles. The first-order valence-electron chi connectivity index (χ1n) is 5.24. The number of H-pyrrole nitrogens is 1. The zero-order chi connectivity index (χ0) is 13.0. The summed E-state index contributed by atoms with van der Waals surface area (Å²) in [5.74, 6) is 0.0509. The third kappa shape index (κ3) is 3.13. The molecule has 0 radical (unpaired) electrons. The lowest BCUT2D eigenvalue weighted by Gasteiger charge is -2.05. The van der Waals surface area contributed by atoms with E-state index in [0.29, 0.717) is 28.8 Å². The maximum atomic E-state index is 12.9. The van der Waals surface area contributed by atoms with Crippen LogP contribution >= 0.6 is 15.9 Å². The van der Waals surface area contributed by atoms with E-state index < -0.39 is 0 Å². The fraction of sp³-hybridized carbons (Fsp3) is 0.182. The highest BCUT2D eigenvalue weighted by Crippen LogP contribution is 2.17. The van der Waals surface area contributed by atoms with E-state index in [1.807, 2.05) is 0 Å². The summed E-state index contributed by atoms with van der Waals surface area (Å²) in [4.78, 5) is 15.7. The standard InChI is InChI=1S/C11H10BrFN4O/c12-9-5-7(13)1-2-8(9)11(18)14-4-3-10-15-6-16-17-10/h1-2,5-6H,3-4H2,(H,14,18)(H,15,16,17). The number of aromatic amines is 1. The third-order valence-corrected chi connectivity index (χ3v) is 2.94. The van der Waals surface area contributed by atoms with E-state index in [2.05, 4.69) is 36.4 Å². The van der Waals surface area contributed by atoms with Gasteiger partial charge in [0.15, 0.2) is 0 Å². The minimum Gasteiger partial charge on any atom is -0.352 e. The van der Waals surface area contributed by atoms with Crippen LogP contribution in [-0.2, 0) is 6.42 Å². The molecule has 94 valence electrons. The molecule has 0 atom stereocenters. The molecule has 0 aliphatic rings. The predicted molar refractivity (Wildman–Crippen MR) is 66.5 cm³/mol. The van der Waals surface area contributed by atoms with Crippen LogP contribution < -0.4 is 5.32 Å². The highest BCUT2D eigenvalue weighted by Gasteiger charge is 2.10. The van der Waals surface area contributed by atoms with E-state index in [-0.39, 0.29) is 11.7 Å². The number of carbonyl (C=O) groups excluding carboxylic acids is 1. The van der Waals surface area contributed by atoms with Crippen molar-refractivity contribution in [2.24, 2.45) is 0 Å². The van der Waals surface area contributed by atoms with Gasteiger partial charge in [-0.3, -0.25) is 9.89 Å². The molecule has 18 heavy (non-hydrogen) atoms. The van der Waals surface area contributed by atoms with Crippen molar-refractivity contribution in [1.82, 2.24) is 20.5 Å². The normalized spacial score (nSPS) is 10.3. The number of amides is 1. The number of hydrogen-bond donors (Lipinski definition) is 2. The molecule has 0 unspecified atom stereocenters. The summed E-state index contributed by atoms with van der Waals surface area (Å²) >= 11 is 3.15. The van der Waals surface area contributed by atoms with Gasteiger partial charge in [-0.15, -0.1) is 0 Å². The van der Waals surface area contributed by atoms with E-state index in [1.165, 1.54) is 24.5 Å². The second-order valence-corrected chi connectivity index (χ2v) is 4.42. The maximum absolute atomic E-state index is 12.9. The van der Waals surface area contributed by atoms with Crippen molar-refractivity contribution in [2.75, 3.05) is 6.54 Å². The SMILES string of the molecule is O=C(NCCc1ncn[nH]1)c1ccc(F)cc1Br. The summed E-state index contributed by atoms with van der Waals surface area (Å²) in [6.07, 6.45) is 1.97. The van der Waals surface area contributed by atoms with Gasteiger partial charge in [0.25, 0.3) is 5.91 Å². The summed E-state index contributed by atoms with van der Waals surface area (Å²) in [6.45, 7) is 0.428. The molecule has 1 heterocycles. The highest BCUT2D eigenvalue weighted by atomic mass is 79.9. The Morgan fingerprint density at radius 1 is 1.50 bits per heavy atom. The Labute approximate surface area is 111 Å². The molecule has 1 aromatic carbocycles. The van der Waals surface area contributed by atoms with Crippen LogP contribution in [0.4, 0.5) is 4.39 Å². The number of aromatic nitrogens is 3. The summed E-state index contributed by atoms with van der Waals surface area (Å²) < 4.78 is 13.3. The van der Waals surface area contributed by atoms with Crippen molar-refractivity contribution in [3.8, 4) is 0 Å². The van der Waals surface area contributed by atoms with Crippen LogP contribution in [0, 0.1) is 5.82 Å². The van der Waals surface area contributed by atoms with Crippen molar-refractivity contribution >= 4 is 21.8 Å². The molecule has 0 fully saturated rings. The van der Waals surface area contributed by atoms with Crippen LogP contribution in [0.15, 0.2) is 29.0 Å². The van der Waals surface area contributed by atoms with Crippen LogP contribution in [0.25, 0.3) is 0 Å². The van der Waals surface area contributed by atoms with Gasteiger partial charge in [0, 0.05) is 17.4 Å². The lowest BCUT2D eigenvalue weighted by atomic mass is 10.2. The number of carbonyl (C=O) groups is 1. The molecule has 0 aliphatic heterocycles. The molecule has 5 nitrogen and oxygen atoms in total. The van der Waals surface area contributed by atoms with Gasteiger partial charge in [-0.1, -0.05) is 0 Å². The number of benzene rings is 1. The molecule has 2 N–H and O–H groups in total. The van der Waals surface area contributed by atoms with Crippen molar-refractivity contribution in [2.45, 2.75) is 6.42 Å². The average molecular weight is 313 g/mol. The van der Waals surface area contributed by atoms with Gasteiger partial charge in [0.2, 0.25) is 0 Å². The summed E-state index contributed by atoms with van der Waals surface area (Å²) in [5, 5.41) is 9.12. The van der Waals surface area contributed by atoms with Gasteiger partial charge in [-0.2, -0.15) is 5.10 Å². The minimum absolute atomic E-state index is 0.263. The van der Waals surface area contributed by atoms with E-state index in [4.69, 9.17) is 0 Å². The largest absolute Gasteiger partial charge is 0.352 e. The number of rotatable bonds is 4. The third-order valence-electron chi connectivity index (χ3n) is 2.29. The molecule has 0 saturated heterocycles. The van der Waals surface area contributed by atoms with Crippen LogP contribution in [0.2, 0.25) is 0 Å². The van der Waals surface area contributed by atoms with Gasteiger partial charge in [0.05, 0.1) is 5.56 Å². The second-order valence-electron chi connectivity index (χ2n) is 3.56. The van der Waals surface area contributed by atoms with Crippen molar-refractivity contribution in [1.29, 1.82) is 0 Å². The van der Waals surface area contributed by atoms with Gasteiger partial charge in [0.1, 0.15) is 18.0 Å². The number of hydrogen-bond acceptors (Lipinski definition) is 3. The molecular formula is C11H10BrFN4O. The molecule has 0 aliphatic carbocycles. The van der Waals surface area contributed by atoms with E-state index in [1.54, 1.807) is 0 Å². The molecule has 0 bridgehead atoms. The Morgan fingerprint density at radius 2 is 2.33 bits per heavy atom. The van der Waals surface area contributed by atoms with Gasteiger partial charge < -0.3 is 5.32 Å². The second kappa shape index (κ2) is 5.72. The van der Waals surface area contributed by atoms with E-state index in [0.717, 1.165) is 0 Å². The van der Waals surface area contributed by atoms with Crippen LogP contribution in [-0.4, -0.2) is 27.6 Å². The Balaban J connectivity index is 1.91. The monoisotopic (exact) mass is 312 g/mol. The average Bonchev–Trinajstić information content (AvgIpc) is 2.81. The van der Waals surface area contributed by atoms with Crippen LogP contribution in [0.5, 0.6) is 0 Å². The first-order valence-corrected chi connectivity index (χ1v) is 6.03.